The van der Waals surface area contributed by atoms with Crippen LogP contribution >= 0.6 is 0 Å². The molecule has 0 rings (SSSR count). The van der Waals surface area contributed by atoms with Gasteiger partial charge in [0.15, 0.2) is 0 Å². The predicted octanol–water partition coefficient (Wildman–Crippen LogP) is 3.98. The van der Waals surface area contributed by atoms with E-state index in [2.05, 4.69) is 59.7 Å². The maximum absolute atomic E-state index is 5.62. The molecule has 2 nitrogen and oxygen atoms in total. The van der Waals surface area contributed by atoms with Gasteiger partial charge in [0.2, 0.25) is 0 Å². The summed E-state index contributed by atoms with van der Waals surface area (Å²) in [6.07, 6.45) is 4.78. The Labute approximate surface area is 101 Å². The molecule has 0 fully saturated rings. The monoisotopic (exact) mass is 224 g/mol. The van der Waals surface area contributed by atoms with Crippen LogP contribution in [-0.4, -0.2) is 6.21 Å². The van der Waals surface area contributed by atoms with Gasteiger partial charge in [-0.05, 0) is 17.8 Å². The highest BCUT2D eigenvalue weighted by Gasteiger charge is 2.22. The van der Waals surface area contributed by atoms with E-state index in [4.69, 9.17) is 5.73 Å². The number of rotatable bonds is 3. The lowest BCUT2D eigenvalue weighted by atomic mass is 9.80. The second kappa shape index (κ2) is 5.51. The summed E-state index contributed by atoms with van der Waals surface area (Å²) >= 11 is 0. The van der Waals surface area contributed by atoms with E-state index in [9.17, 15) is 0 Å². The number of hydrogen-bond donors (Lipinski definition) is 1. The van der Waals surface area contributed by atoms with Gasteiger partial charge >= 0.3 is 0 Å². The van der Waals surface area contributed by atoms with Crippen molar-refractivity contribution in [1.29, 1.82) is 0 Å². The van der Waals surface area contributed by atoms with Crippen LogP contribution in [0, 0.1) is 16.7 Å². The third kappa shape index (κ3) is 4.82. The van der Waals surface area contributed by atoms with Gasteiger partial charge in [-0.2, -0.15) is 0 Å². The van der Waals surface area contributed by atoms with Gasteiger partial charge in [-0.1, -0.05) is 48.5 Å². The van der Waals surface area contributed by atoms with Crippen LogP contribution in [0.1, 0.15) is 54.9 Å². The molecule has 1 atom stereocenters. The molecule has 1 unspecified atom stereocenters. The molecule has 0 aromatic heterocycles. The van der Waals surface area contributed by atoms with Crippen LogP contribution in [0.15, 0.2) is 16.9 Å². The molecule has 2 N–H and O–H groups in total. The van der Waals surface area contributed by atoms with Crippen LogP contribution in [0.4, 0.5) is 0 Å². The summed E-state index contributed by atoms with van der Waals surface area (Å²) in [4.78, 5) is 4.56. The SMILES string of the molecule is CCC(/C=N\C(=C/N)C(C)(C)C)C(C)(C)C. The highest BCUT2D eigenvalue weighted by atomic mass is 14.8. The molecule has 0 radical (unpaired) electrons. The van der Waals surface area contributed by atoms with Gasteiger partial charge in [0.05, 0.1) is 5.70 Å². The van der Waals surface area contributed by atoms with E-state index in [0.717, 1.165) is 12.1 Å². The molecular formula is C14H28N2. The molecular weight excluding hydrogens is 196 g/mol. The maximum Gasteiger partial charge on any atom is 0.0607 e. The van der Waals surface area contributed by atoms with Gasteiger partial charge in [0, 0.05) is 17.8 Å². The highest BCUT2D eigenvalue weighted by molar-refractivity contribution is 5.63. The van der Waals surface area contributed by atoms with Crippen molar-refractivity contribution in [3.63, 3.8) is 0 Å². The van der Waals surface area contributed by atoms with E-state index >= 15 is 0 Å². The molecule has 0 bridgehead atoms. The third-order valence-corrected chi connectivity index (χ3v) is 2.87. The zero-order chi connectivity index (χ0) is 13.0. The van der Waals surface area contributed by atoms with Crippen molar-refractivity contribution in [3.8, 4) is 0 Å². The summed E-state index contributed by atoms with van der Waals surface area (Å²) in [5.74, 6) is 0.491. The van der Waals surface area contributed by atoms with Crippen LogP contribution in [0.25, 0.3) is 0 Å². The van der Waals surface area contributed by atoms with Crippen molar-refractivity contribution >= 4 is 6.21 Å². The van der Waals surface area contributed by atoms with Gasteiger partial charge < -0.3 is 5.73 Å². The van der Waals surface area contributed by atoms with E-state index in [1.807, 2.05) is 0 Å². The van der Waals surface area contributed by atoms with Gasteiger partial charge in [-0.25, -0.2) is 0 Å². The molecule has 0 aromatic rings. The zero-order valence-electron chi connectivity index (χ0n) is 12.0. The fourth-order valence-electron chi connectivity index (χ4n) is 1.60. The van der Waals surface area contributed by atoms with Crippen molar-refractivity contribution in [1.82, 2.24) is 0 Å². The molecule has 0 spiro atoms. The number of nitrogens with zero attached hydrogens (tertiary/aromatic N) is 1. The zero-order valence-corrected chi connectivity index (χ0v) is 12.0. The first-order valence-corrected chi connectivity index (χ1v) is 6.09. The predicted molar refractivity (Wildman–Crippen MR) is 73.5 cm³/mol. The number of nitrogens with two attached hydrogens (primary N) is 1. The summed E-state index contributed by atoms with van der Waals surface area (Å²) < 4.78 is 0. The molecule has 94 valence electrons. The first kappa shape index (κ1) is 15.2. The topological polar surface area (TPSA) is 38.4 Å². The Morgan fingerprint density at radius 3 is 1.94 bits per heavy atom. The summed E-state index contributed by atoms with van der Waals surface area (Å²) in [6, 6.07) is 0. The van der Waals surface area contributed by atoms with Gasteiger partial charge in [0.25, 0.3) is 0 Å². The highest BCUT2D eigenvalue weighted by Crippen LogP contribution is 2.29. The van der Waals surface area contributed by atoms with Crippen molar-refractivity contribution in [2.24, 2.45) is 27.5 Å². The molecule has 0 amide bonds. The van der Waals surface area contributed by atoms with Crippen LogP contribution < -0.4 is 5.73 Å². The van der Waals surface area contributed by atoms with E-state index in [-0.39, 0.29) is 10.8 Å². The van der Waals surface area contributed by atoms with Crippen LogP contribution in [0.3, 0.4) is 0 Å². The van der Waals surface area contributed by atoms with Crippen LogP contribution in [-0.2, 0) is 0 Å². The third-order valence-electron chi connectivity index (χ3n) is 2.87. The Morgan fingerprint density at radius 2 is 1.69 bits per heavy atom. The standard InChI is InChI=1S/C14H28N2/c1-8-11(13(2,3)4)10-16-12(9-15)14(5,6)7/h9-11H,8,15H2,1-7H3/b12-9-,16-10-. The Hall–Kier alpha value is -0.790. The second-order valence-corrected chi connectivity index (χ2v) is 6.46. The van der Waals surface area contributed by atoms with Crippen molar-refractivity contribution in [3.05, 3.63) is 11.9 Å². The molecule has 0 aromatic carbocycles. The van der Waals surface area contributed by atoms with Crippen molar-refractivity contribution in [2.75, 3.05) is 0 Å². The Bertz CT molecular complexity index is 261. The quantitative estimate of drug-likeness (QED) is 0.724. The maximum atomic E-state index is 5.62. The molecule has 16 heavy (non-hydrogen) atoms. The molecule has 0 aliphatic carbocycles. The average molecular weight is 224 g/mol. The molecule has 0 aliphatic rings. The van der Waals surface area contributed by atoms with Crippen LogP contribution in [0.2, 0.25) is 0 Å². The van der Waals surface area contributed by atoms with E-state index in [1.54, 1.807) is 6.20 Å². The van der Waals surface area contributed by atoms with Gasteiger partial charge in [-0.15, -0.1) is 0 Å². The minimum absolute atomic E-state index is 0.0153. The summed E-state index contributed by atoms with van der Waals surface area (Å²) in [7, 11) is 0. The lowest BCUT2D eigenvalue weighted by Crippen LogP contribution is -2.21. The number of hydrogen-bond acceptors (Lipinski definition) is 2. The lowest BCUT2D eigenvalue weighted by molar-refractivity contribution is 0.310. The first-order valence-electron chi connectivity index (χ1n) is 6.09. The summed E-state index contributed by atoms with van der Waals surface area (Å²) in [5, 5.41) is 0. The smallest absolute Gasteiger partial charge is 0.0607 e. The van der Waals surface area contributed by atoms with E-state index < -0.39 is 0 Å². The minimum atomic E-state index is 0.0153. The average Bonchev–Trinajstić information content (AvgIpc) is 2.08. The molecule has 0 heterocycles. The van der Waals surface area contributed by atoms with Gasteiger partial charge in [0.1, 0.15) is 0 Å². The van der Waals surface area contributed by atoms with E-state index in [0.29, 0.717) is 5.92 Å². The molecule has 0 saturated carbocycles. The number of aliphatic imine (C=N–C) groups is 1. The fourth-order valence-corrected chi connectivity index (χ4v) is 1.60. The van der Waals surface area contributed by atoms with Crippen molar-refractivity contribution < 1.29 is 0 Å². The fraction of sp³-hybridized carbons (Fsp3) is 0.786. The van der Waals surface area contributed by atoms with Gasteiger partial charge in [-0.3, -0.25) is 4.99 Å². The Morgan fingerprint density at radius 1 is 1.19 bits per heavy atom. The molecule has 2 heteroatoms. The van der Waals surface area contributed by atoms with Crippen molar-refractivity contribution in [2.45, 2.75) is 54.9 Å². The Kier molecular flexibility index (Phi) is 5.24. The minimum Gasteiger partial charge on any atom is -0.403 e. The second-order valence-electron chi connectivity index (χ2n) is 6.46. The largest absolute Gasteiger partial charge is 0.403 e. The molecule has 0 saturated heterocycles. The number of allylic oxidation sites excluding steroid dienone is 1. The normalized spacial score (nSPS) is 16.8. The lowest BCUT2D eigenvalue weighted by Gasteiger charge is -2.27. The van der Waals surface area contributed by atoms with Crippen LogP contribution in [0.5, 0.6) is 0 Å². The first-order chi connectivity index (χ1) is 7.12. The molecule has 0 aliphatic heterocycles. The summed E-state index contributed by atoms with van der Waals surface area (Å²) in [6.45, 7) is 15.3. The van der Waals surface area contributed by atoms with E-state index in [1.165, 1.54) is 0 Å². The Balaban J connectivity index is 4.82. The summed E-state index contributed by atoms with van der Waals surface area (Å²) in [5.41, 5.74) is 6.85.